The minimum Gasteiger partial charge on any atom is -0.365 e. The van der Waals surface area contributed by atoms with E-state index in [4.69, 9.17) is 17.3 Å². The monoisotopic (exact) mass is 250 g/mol. The number of nitrogens with two attached hydrogens (primary N) is 1. The Balaban J connectivity index is 1.86. The van der Waals surface area contributed by atoms with Crippen molar-refractivity contribution in [3.05, 3.63) is 29.3 Å². The number of anilines is 1. The van der Waals surface area contributed by atoms with Gasteiger partial charge in [0.15, 0.2) is 0 Å². The minimum absolute atomic E-state index is 0.681. The van der Waals surface area contributed by atoms with Gasteiger partial charge in [0.1, 0.15) is 0 Å². The molecule has 17 heavy (non-hydrogen) atoms. The molecule has 2 atom stereocenters. The third kappa shape index (κ3) is 2.04. The number of fused-ring (bicyclic) bond motifs is 2. The first-order valence-corrected chi connectivity index (χ1v) is 6.89. The van der Waals surface area contributed by atoms with Gasteiger partial charge in [-0.05, 0) is 56.3 Å². The van der Waals surface area contributed by atoms with Crippen LogP contribution >= 0.6 is 11.6 Å². The predicted octanol–water partition coefficient (Wildman–Crippen LogP) is 3.05. The maximum Gasteiger partial charge on any atom is 0.0426 e. The van der Waals surface area contributed by atoms with Gasteiger partial charge in [0.2, 0.25) is 0 Å². The highest BCUT2D eigenvalue weighted by molar-refractivity contribution is 6.30. The van der Waals surface area contributed by atoms with E-state index in [1.807, 2.05) is 12.1 Å². The molecule has 2 saturated heterocycles. The maximum absolute atomic E-state index is 6.09. The summed E-state index contributed by atoms with van der Waals surface area (Å²) in [6.07, 6.45) is 5.13. The highest BCUT2D eigenvalue weighted by atomic mass is 35.5. The Morgan fingerprint density at radius 3 is 2.53 bits per heavy atom. The highest BCUT2D eigenvalue weighted by Gasteiger charge is 2.40. The van der Waals surface area contributed by atoms with Crippen molar-refractivity contribution < 1.29 is 0 Å². The summed E-state index contributed by atoms with van der Waals surface area (Å²) >= 11 is 6.09. The van der Waals surface area contributed by atoms with Gasteiger partial charge in [0.05, 0.1) is 0 Å². The Bertz CT molecular complexity index is 393. The summed E-state index contributed by atoms with van der Waals surface area (Å²) in [4.78, 5) is 2.58. The Kier molecular flexibility index (Phi) is 3.01. The first-order valence-electron chi connectivity index (χ1n) is 6.52. The summed E-state index contributed by atoms with van der Waals surface area (Å²) in [7, 11) is 0. The van der Waals surface area contributed by atoms with Gasteiger partial charge in [-0.3, -0.25) is 0 Å². The van der Waals surface area contributed by atoms with Crippen LogP contribution in [0.25, 0.3) is 0 Å². The van der Waals surface area contributed by atoms with Crippen molar-refractivity contribution in [2.24, 2.45) is 11.7 Å². The van der Waals surface area contributed by atoms with Crippen LogP contribution in [0.15, 0.2) is 24.3 Å². The van der Waals surface area contributed by atoms with Crippen LogP contribution in [-0.4, -0.2) is 18.6 Å². The molecule has 0 aliphatic carbocycles. The molecular weight excluding hydrogens is 232 g/mol. The largest absolute Gasteiger partial charge is 0.365 e. The van der Waals surface area contributed by atoms with E-state index in [-0.39, 0.29) is 0 Å². The zero-order valence-corrected chi connectivity index (χ0v) is 10.7. The molecule has 2 N–H and O–H groups in total. The summed E-state index contributed by atoms with van der Waals surface area (Å²) in [5, 5.41) is 0.836. The van der Waals surface area contributed by atoms with E-state index in [1.54, 1.807) is 0 Å². The van der Waals surface area contributed by atoms with Crippen molar-refractivity contribution in [3.8, 4) is 0 Å². The summed E-state index contributed by atoms with van der Waals surface area (Å²) in [6.45, 7) is 0.844. The molecule has 3 heteroatoms. The summed E-state index contributed by atoms with van der Waals surface area (Å²) in [5.41, 5.74) is 7.12. The van der Waals surface area contributed by atoms with E-state index in [0.717, 1.165) is 17.5 Å². The molecule has 0 amide bonds. The molecule has 0 radical (unpaired) electrons. The molecule has 1 aromatic carbocycles. The third-order valence-corrected chi connectivity index (χ3v) is 4.51. The molecule has 0 saturated carbocycles. The fourth-order valence-corrected chi connectivity index (χ4v) is 3.73. The molecule has 2 aliphatic rings. The second kappa shape index (κ2) is 4.51. The van der Waals surface area contributed by atoms with Crippen LogP contribution in [0.4, 0.5) is 5.69 Å². The molecule has 0 aromatic heterocycles. The molecular formula is C14H19ClN2. The van der Waals surface area contributed by atoms with Crippen molar-refractivity contribution in [1.29, 1.82) is 0 Å². The van der Waals surface area contributed by atoms with Crippen LogP contribution in [0.1, 0.15) is 25.7 Å². The van der Waals surface area contributed by atoms with Gasteiger partial charge >= 0.3 is 0 Å². The number of piperidine rings is 1. The van der Waals surface area contributed by atoms with Gasteiger partial charge in [-0.25, -0.2) is 0 Å². The standard InChI is InChI=1S/C14H19ClN2/c15-11-2-1-3-12(8-11)17-13-4-5-14(17)7-10(6-13)9-16/h1-3,8,10,13-14H,4-7,9,16H2. The molecule has 2 unspecified atom stereocenters. The van der Waals surface area contributed by atoms with Crippen molar-refractivity contribution in [2.45, 2.75) is 37.8 Å². The molecule has 2 fully saturated rings. The van der Waals surface area contributed by atoms with Crippen LogP contribution in [0, 0.1) is 5.92 Å². The predicted molar refractivity (Wildman–Crippen MR) is 72.5 cm³/mol. The number of benzene rings is 1. The van der Waals surface area contributed by atoms with Crippen LogP contribution in [0.5, 0.6) is 0 Å². The quantitative estimate of drug-likeness (QED) is 0.874. The average molecular weight is 251 g/mol. The van der Waals surface area contributed by atoms with Crippen LogP contribution in [-0.2, 0) is 0 Å². The third-order valence-electron chi connectivity index (χ3n) is 4.27. The zero-order chi connectivity index (χ0) is 11.8. The number of hydrogen-bond acceptors (Lipinski definition) is 2. The summed E-state index contributed by atoms with van der Waals surface area (Å²) < 4.78 is 0. The Labute approximate surface area is 108 Å². The minimum atomic E-state index is 0.681. The van der Waals surface area contributed by atoms with Crippen molar-refractivity contribution in [3.63, 3.8) is 0 Å². The normalized spacial score (nSPS) is 31.9. The molecule has 92 valence electrons. The lowest BCUT2D eigenvalue weighted by molar-refractivity contribution is 0.347. The summed E-state index contributed by atoms with van der Waals surface area (Å²) in [5.74, 6) is 0.725. The number of rotatable bonds is 2. The van der Waals surface area contributed by atoms with Gasteiger partial charge in [-0.15, -0.1) is 0 Å². The summed E-state index contributed by atoms with van der Waals surface area (Å²) in [6, 6.07) is 9.63. The second-order valence-corrected chi connectivity index (χ2v) is 5.78. The SMILES string of the molecule is NCC1CC2CCC(C1)N2c1cccc(Cl)c1. The van der Waals surface area contributed by atoms with E-state index < -0.39 is 0 Å². The van der Waals surface area contributed by atoms with Crippen molar-refractivity contribution in [1.82, 2.24) is 0 Å². The number of hydrogen-bond donors (Lipinski definition) is 1. The topological polar surface area (TPSA) is 29.3 Å². The van der Waals surface area contributed by atoms with E-state index in [9.17, 15) is 0 Å². The lowest BCUT2D eigenvalue weighted by Gasteiger charge is -2.40. The Morgan fingerprint density at radius 2 is 1.94 bits per heavy atom. The van der Waals surface area contributed by atoms with Crippen LogP contribution in [0.3, 0.4) is 0 Å². The number of nitrogens with zero attached hydrogens (tertiary/aromatic N) is 1. The van der Waals surface area contributed by atoms with E-state index >= 15 is 0 Å². The van der Waals surface area contributed by atoms with Crippen molar-refractivity contribution >= 4 is 17.3 Å². The second-order valence-electron chi connectivity index (χ2n) is 5.35. The smallest absolute Gasteiger partial charge is 0.0426 e. The van der Waals surface area contributed by atoms with Gasteiger partial charge in [-0.1, -0.05) is 17.7 Å². The van der Waals surface area contributed by atoms with Crippen molar-refractivity contribution in [2.75, 3.05) is 11.4 Å². The molecule has 2 nitrogen and oxygen atoms in total. The highest BCUT2D eigenvalue weighted by Crippen LogP contribution is 2.41. The van der Waals surface area contributed by atoms with Crippen LogP contribution in [0.2, 0.25) is 5.02 Å². The average Bonchev–Trinajstić information content (AvgIpc) is 2.60. The lowest BCUT2D eigenvalue weighted by atomic mass is 9.90. The maximum atomic E-state index is 6.09. The first kappa shape index (κ1) is 11.4. The molecule has 2 bridgehead atoms. The Hall–Kier alpha value is -0.730. The van der Waals surface area contributed by atoms with Gasteiger partial charge in [-0.2, -0.15) is 0 Å². The van der Waals surface area contributed by atoms with Crippen LogP contribution < -0.4 is 10.6 Å². The molecule has 3 rings (SSSR count). The van der Waals surface area contributed by atoms with Gasteiger partial charge in [0, 0.05) is 22.8 Å². The molecule has 0 spiro atoms. The molecule has 2 heterocycles. The zero-order valence-electron chi connectivity index (χ0n) is 9.98. The van der Waals surface area contributed by atoms with E-state index in [0.29, 0.717) is 12.1 Å². The first-order chi connectivity index (χ1) is 8.28. The van der Waals surface area contributed by atoms with E-state index in [2.05, 4.69) is 17.0 Å². The van der Waals surface area contributed by atoms with Gasteiger partial charge in [0.25, 0.3) is 0 Å². The fraction of sp³-hybridized carbons (Fsp3) is 0.571. The number of halogens is 1. The molecule has 2 aliphatic heterocycles. The van der Waals surface area contributed by atoms with Gasteiger partial charge < -0.3 is 10.6 Å². The Morgan fingerprint density at radius 1 is 1.24 bits per heavy atom. The molecule has 1 aromatic rings. The van der Waals surface area contributed by atoms with E-state index in [1.165, 1.54) is 31.4 Å². The lowest BCUT2D eigenvalue weighted by Crippen LogP contribution is -2.44. The fourth-order valence-electron chi connectivity index (χ4n) is 3.54.